The number of benzene rings is 1. The number of aliphatic hydroxyl groups excluding tert-OH is 1. The van der Waals surface area contributed by atoms with Gasteiger partial charge in [-0.3, -0.25) is 0 Å². The smallest absolute Gasteiger partial charge is 0.387 e. The van der Waals surface area contributed by atoms with Gasteiger partial charge in [-0.25, -0.2) is 0 Å². The fourth-order valence-electron chi connectivity index (χ4n) is 2.44. The van der Waals surface area contributed by atoms with Gasteiger partial charge in [0, 0.05) is 19.2 Å². The lowest BCUT2D eigenvalue weighted by atomic mass is 10.1. The van der Waals surface area contributed by atoms with Crippen molar-refractivity contribution in [1.29, 1.82) is 0 Å². The molecule has 1 saturated heterocycles. The van der Waals surface area contributed by atoms with Gasteiger partial charge in [0.2, 0.25) is 0 Å². The van der Waals surface area contributed by atoms with Gasteiger partial charge in [-0.1, -0.05) is 12.1 Å². The quantitative estimate of drug-likeness (QED) is 0.879. The van der Waals surface area contributed by atoms with Crippen molar-refractivity contribution in [1.82, 2.24) is 5.32 Å². The first kappa shape index (κ1) is 16.3. The van der Waals surface area contributed by atoms with Crippen LogP contribution in [0.15, 0.2) is 24.3 Å². The Balaban J connectivity index is 1.86. The molecule has 0 saturated carbocycles. The van der Waals surface area contributed by atoms with Crippen molar-refractivity contribution in [2.45, 2.75) is 44.2 Å². The molecule has 0 aromatic heterocycles. The Labute approximate surface area is 122 Å². The van der Waals surface area contributed by atoms with Crippen LogP contribution in [0.5, 0.6) is 0 Å². The molecule has 3 atom stereocenters. The zero-order valence-electron chi connectivity index (χ0n) is 11.9. The molecule has 0 radical (unpaired) electrons. The standard InChI is InChI=1S/C15H20F3NO2/c1-10(14-3-2-8-21-14)19-9-13(20)11-4-6-12(7-5-11)15(16,17)18/h4-7,10,13-14,19-20H,2-3,8-9H2,1H3. The Morgan fingerprint density at radius 1 is 1.33 bits per heavy atom. The van der Waals surface area contributed by atoms with Crippen molar-refractivity contribution in [2.24, 2.45) is 0 Å². The first-order valence-corrected chi connectivity index (χ1v) is 7.08. The van der Waals surface area contributed by atoms with E-state index in [1.807, 2.05) is 6.92 Å². The highest BCUT2D eigenvalue weighted by Gasteiger charge is 2.30. The molecule has 21 heavy (non-hydrogen) atoms. The van der Waals surface area contributed by atoms with Crippen LogP contribution in [0.1, 0.15) is 37.0 Å². The van der Waals surface area contributed by atoms with Crippen LogP contribution in [0.25, 0.3) is 0 Å². The minimum absolute atomic E-state index is 0.108. The van der Waals surface area contributed by atoms with Crippen molar-refractivity contribution in [2.75, 3.05) is 13.2 Å². The van der Waals surface area contributed by atoms with Crippen LogP contribution < -0.4 is 5.32 Å². The number of nitrogens with one attached hydrogen (secondary N) is 1. The number of hydrogen-bond acceptors (Lipinski definition) is 3. The number of aliphatic hydroxyl groups is 1. The number of hydrogen-bond donors (Lipinski definition) is 2. The Morgan fingerprint density at radius 2 is 2.00 bits per heavy atom. The van der Waals surface area contributed by atoms with E-state index in [4.69, 9.17) is 4.74 Å². The third-order valence-corrected chi connectivity index (χ3v) is 3.78. The second kappa shape index (κ2) is 6.77. The van der Waals surface area contributed by atoms with Crippen LogP contribution in [-0.2, 0) is 10.9 Å². The number of alkyl halides is 3. The van der Waals surface area contributed by atoms with Gasteiger partial charge in [0.1, 0.15) is 0 Å². The fourth-order valence-corrected chi connectivity index (χ4v) is 2.44. The predicted octanol–water partition coefficient (Wildman–Crippen LogP) is 2.90. The molecule has 1 aromatic rings. The summed E-state index contributed by atoms with van der Waals surface area (Å²) in [5.74, 6) is 0. The average molecular weight is 303 g/mol. The largest absolute Gasteiger partial charge is 0.416 e. The van der Waals surface area contributed by atoms with Gasteiger partial charge in [0.25, 0.3) is 0 Å². The molecule has 1 aliphatic heterocycles. The number of halogens is 3. The van der Waals surface area contributed by atoms with Crippen LogP contribution in [0, 0.1) is 0 Å². The molecular formula is C15H20F3NO2. The fraction of sp³-hybridized carbons (Fsp3) is 0.600. The first-order chi connectivity index (χ1) is 9.88. The highest BCUT2D eigenvalue weighted by atomic mass is 19.4. The summed E-state index contributed by atoms with van der Waals surface area (Å²) in [4.78, 5) is 0. The Hall–Kier alpha value is -1.11. The van der Waals surface area contributed by atoms with Crippen LogP contribution in [0.4, 0.5) is 13.2 Å². The minimum atomic E-state index is -4.35. The van der Waals surface area contributed by atoms with Gasteiger partial charge in [-0.05, 0) is 37.5 Å². The van der Waals surface area contributed by atoms with E-state index < -0.39 is 17.8 Å². The maximum Gasteiger partial charge on any atom is 0.416 e. The molecule has 118 valence electrons. The van der Waals surface area contributed by atoms with Crippen LogP contribution in [0.2, 0.25) is 0 Å². The van der Waals surface area contributed by atoms with Crippen LogP contribution in [-0.4, -0.2) is 30.4 Å². The molecule has 0 aliphatic carbocycles. The molecule has 1 fully saturated rings. The molecule has 3 unspecified atom stereocenters. The van der Waals surface area contributed by atoms with E-state index in [1.165, 1.54) is 12.1 Å². The number of ether oxygens (including phenoxy) is 1. The normalized spacial score (nSPS) is 22.2. The van der Waals surface area contributed by atoms with Gasteiger partial charge in [0.15, 0.2) is 0 Å². The van der Waals surface area contributed by atoms with Crippen molar-refractivity contribution in [3.63, 3.8) is 0 Å². The lowest BCUT2D eigenvalue weighted by molar-refractivity contribution is -0.137. The summed E-state index contributed by atoms with van der Waals surface area (Å²) in [7, 11) is 0. The minimum Gasteiger partial charge on any atom is -0.387 e. The maximum atomic E-state index is 12.5. The van der Waals surface area contributed by atoms with Crippen molar-refractivity contribution in [3.8, 4) is 0 Å². The highest BCUT2D eigenvalue weighted by Crippen LogP contribution is 2.29. The van der Waals surface area contributed by atoms with Crippen molar-refractivity contribution < 1.29 is 23.0 Å². The molecule has 3 nitrogen and oxygen atoms in total. The van der Waals surface area contributed by atoms with Gasteiger partial charge >= 0.3 is 6.18 Å². The lowest BCUT2D eigenvalue weighted by Crippen LogP contribution is -2.39. The van der Waals surface area contributed by atoms with Gasteiger partial charge in [0.05, 0.1) is 17.8 Å². The van der Waals surface area contributed by atoms with E-state index in [0.29, 0.717) is 5.56 Å². The molecule has 1 aromatic carbocycles. The Kier molecular flexibility index (Phi) is 5.24. The Bertz CT molecular complexity index is 441. The Morgan fingerprint density at radius 3 is 2.52 bits per heavy atom. The average Bonchev–Trinajstić information content (AvgIpc) is 2.98. The van der Waals surface area contributed by atoms with Crippen molar-refractivity contribution >= 4 is 0 Å². The predicted molar refractivity (Wildman–Crippen MR) is 72.8 cm³/mol. The molecule has 1 heterocycles. The molecule has 0 amide bonds. The van der Waals surface area contributed by atoms with E-state index >= 15 is 0 Å². The van der Waals surface area contributed by atoms with E-state index in [-0.39, 0.29) is 18.7 Å². The highest BCUT2D eigenvalue weighted by molar-refractivity contribution is 5.26. The summed E-state index contributed by atoms with van der Waals surface area (Å²) < 4.78 is 42.9. The second-order valence-electron chi connectivity index (χ2n) is 5.38. The summed E-state index contributed by atoms with van der Waals surface area (Å²) >= 11 is 0. The van der Waals surface area contributed by atoms with Gasteiger partial charge < -0.3 is 15.2 Å². The zero-order valence-corrected chi connectivity index (χ0v) is 11.9. The topological polar surface area (TPSA) is 41.5 Å². The van der Waals surface area contributed by atoms with Crippen molar-refractivity contribution in [3.05, 3.63) is 35.4 Å². The molecule has 2 rings (SSSR count). The third-order valence-electron chi connectivity index (χ3n) is 3.78. The molecule has 1 aliphatic rings. The maximum absolute atomic E-state index is 12.5. The SMILES string of the molecule is CC(NCC(O)c1ccc(C(F)(F)F)cc1)C1CCCO1. The van der Waals surface area contributed by atoms with Crippen LogP contribution >= 0.6 is 0 Å². The summed E-state index contributed by atoms with van der Waals surface area (Å²) in [5, 5.41) is 13.2. The van der Waals surface area contributed by atoms with Gasteiger partial charge in [-0.2, -0.15) is 13.2 Å². The summed E-state index contributed by atoms with van der Waals surface area (Å²) in [6.07, 6.45) is -3.01. The molecule has 6 heteroatoms. The van der Waals surface area contributed by atoms with E-state index in [9.17, 15) is 18.3 Å². The molecule has 0 spiro atoms. The third kappa shape index (κ3) is 4.43. The monoisotopic (exact) mass is 303 g/mol. The molecular weight excluding hydrogens is 283 g/mol. The van der Waals surface area contributed by atoms with E-state index in [1.54, 1.807) is 0 Å². The molecule has 0 bridgehead atoms. The summed E-state index contributed by atoms with van der Waals surface area (Å²) in [6.45, 7) is 3.03. The van der Waals surface area contributed by atoms with Gasteiger partial charge in [-0.15, -0.1) is 0 Å². The second-order valence-corrected chi connectivity index (χ2v) is 5.38. The summed E-state index contributed by atoms with van der Waals surface area (Å²) in [6, 6.07) is 4.71. The zero-order chi connectivity index (χ0) is 15.5. The first-order valence-electron chi connectivity index (χ1n) is 7.08. The van der Waals surface area contributed by atoms with E-state index in [2.05, 4.69) is 5.32 Å². The molecule has 2 N–H and O–H groups in total. The van der Waals surface area contributed by atoms with E-state index in [0.717, 1.165) is 31.6 Å². The summed E-state index contributed by atoms with van der Waals surface area (Å²) in [5.41, 5.74) is -0.242. The number of rotatable bonds is 5. The lowest BCUT2D eigenvalue weighted by Gasteiger charge is -2.22. The van der Waals surface area contributed by atoms with Crippen LogP contribution in [0.3, 0.4) is 0 Å².